The molecular weight excluding hydrogens is 525 g/mol. The van der Waals surface area contributed by atoms with Crippen molar-refractivity contribution in [1.29, 1.82) is 0 Å². The SMILES string of the molecule is COc1ccc(Cl)cc1-c1nnc(SCC(=O)Nc2nc(-c3ccc(Cl)cc3Cl)cs2)n1C. The second-order valence-corrected chi connectivity index (χ2v) is 9.79. The van der Waals surface area contributed by atoms with E-state index in [0.717, 1.165) is 5.56 Å². The third kappa shape index (κ3) is 5.44. The minimum Gasteiger partial charge on any atom is -0.496 e. The van der Waals surface area contributed by atoms with Gasteiger partial charge in [0.1, 0.15) is 5.75 Å². The summed E-state index contributed by atoms with van der Waals surface area (Å²) in [5.41, 5.74) is 2.13. The van der Waals surface area contributed by atoms with E-state index in [0.29, 0.717) is 48.2 Å². The Balaban J connectivity index is 1.41. The number of halogens is 3. The molecule has 2 heterocycles. The number of nitrogens with zero attached hydrogens (tertiary/aromatic N) is 4. The van der Waals surface area contributed by atoms with Crippen LogP contribution in [-0.2, 0) is 11.8 Å². The van der Waals surface area contributed by atoms with Crippen LogP contribution in [0.15, 0.2) is 46.9 Å². The van der Waals surface area contributed by atoms with Crippen LogP contribution in [0.25, 0.3) is 22.6 Å². The lowest BCUT2D eigenvalue weighted by molar-refractivity contribution is -0.113. The van der Waals surface area contributed by atoms with E-state index in [-0.39, 0.29) is 11.7 Å². The molecule has 1 amide bonds. The molecule has 12 heteroatoms. The van der Waals surface area contributed by atoms with Gasteiger partial charge in [-0.3, -0.25) is 4.79 Å². The summed E-state index contributed by atoms with van der Waals surface area (Å²) in [6.45, 7) is 0. The van der Waals surface area contributed by atoms with E-state index in [2.05, 4.69) is 20.5 Å². The molecule has 170 valence electrons. The second-order valence-electron chi connectivity index (χ2n) is 6.71. The van der Waals surface area contributed by atoms with Crippen molar-refractivity contribution in [2.75, 3.05) is 18.2 Å². The molecule has 2 aromatic heterocycles. The summed E-state index contributed by atoms with van der Waals surface area (Å²) in [5.74, 6) is 1.13. The Bertz CT molecular complexity index is 1330. The Kier molecular flexibility index (Phi) is 7.45. The highest BCUT2D eigenvalue weighted by Crippen LogP contribution is 2.34. The Labute approximate surface area is 213 Å². The van der Waals surface area contributed by atoms with Crippen LogP contribution in [0.4, 0.5) is 5.13 Å². The van der Waals surface area contributed by atoms with Gasteiger partial charge in [-0.2, -0.15) is 0 Å². The van der Waals surface area contributed by atoms with E-state index in [1.54, 1.807) is 48.1 Å². The Morgan fingerprint density at radius 1 is 1.12 bits per heavy atom. The van der Waals surface area contributed by atoms with E-state index in [1.165, 1.54) is 23.1 Å². The zero-order valence-electron chi connectivity index (χ0n) is 17.3. The highest BCUT2D eigenvalue weighted by Gasteiger charge is 2.17. The van der Waals surface area contributed by atoms with Crippen LogP contribution in [0.3, 0.4) is 0 Å². The normalized spacial score (nSPS) is 10.9. The van der Waals surface area contributed by atoms with Crippen molar-refractivity contribution >= 4 is 68.9 Å². The number of hydrogen-bond donors (Lipinski definition) is 1. The van der Waals surface area contributed by atoms with Gasteiger partial charge in [0.05, 0.1) is 29.1 Å². The second kappa shape index (κ2) is 10.3. The minimum atomic E-state index is -0.215. The maximum atomic E-state index is 12.5. The van der Waals surface area contributed by atoms with Crippen LogP contribution in [0, 0.1) is 0 Å². The zero-order valence-corrected chi connectivity index (χ0v) is 21.2. The summed E-state index contributed by atoms with van der Waals surface area (Å²) in [6.07, 6.45) is 0. The highest BCUT2D eigenvalue weighted by molar-refractivity contribution is 7.99. The number of carbonyl (C=O) groups is 1. The van der Waals surface area contributed by atoms with E-state index in [9.17, 15) is 4.79 Å². The van der Waals surface area contributed by atoms with E-state index in [4.69, 9.17) is 39.5 Å². The predicted octanol–water partition coefficient (Wildman–Crippen LogP) is 6.31. The van der Waals surface area contributed by atoms with Gasteiger partial charge in [-0.05, 0) is 36.4 Å². The molecule has 0 aliphatic heterocycles. The molecule has 0 saturated carbocycles. The molecule has 0 aliphatic rings. The molecule has 0 fully saturated rings. The predicted molar refractivity (Wildman–Crippen MR) is 135 cm³/mol. The molecule has 7 nitrogen and oxygen atoms in total. The highest BCUT2D eigenvalue weighted by atomic mass is 35.5. The van der Waals surface area contributed by atoms with E-state index in [1.807, 2.05) is 12.4 Å². The van der Waals surface area contributed by atoms with E-state index < -0.39 is 0 Å². The van der Waals surface area contributed by atoms with Crippen molar-refractivity contribution in [2.45, 2.75) is 5.16 Å². The van der Waals surface area contributed by atoms with Crippen molar-refractivity contribution in [3.63, 3.8) is 0 Å². The fraction of sp³-hybridized carbons (Fsp3) is 0.143. The first kappa shape index (κ1) is 23.8. The molecule has 0 unspecified atom stereocenters. The maximum Gasteiger partial charge on any atom is 0.236 e. The number of hydrogen-bond acceptors (Lipinski definition) is 7. The monoisotopic (exact) mass is 539 g/mol. The van der Waals surface area contributed by atoms with Crippen molar-refractivity contribution in [2.24, 2.45) is 7.05 Å². The lowest BCUT2D eigenvalue weighted by Gasteiger charge is -2.09. The molecule has 0 atom stereocenters. The van der Waals surface area contributed by atoms with Gasteiger partial charge in [0, 0.05) is 28.0 Å². The molecule has 0 radical (unpaired) electrons. The summed E-state index contributed by atoms with van der Waals surface area (Å²) >= 11 is 20.9. The summed E-state index contributed by atoms with van der Waals surface area (Å²) < 4.78 is 7.19. The smallest absolute Gasteiger partial charge is 0.236 e. The Hall–Kier alpha value is -2.30. The van der Waals surface area contributed by atoms with Gasteiger partial charge in [0.25, 0.3) is 0 Å². The molecule has 0 aliphatic carbocycles. The molecule has 4 rings (SSSR count). The lowest BCUT2D eigenvalue weighted by atomic mass is 10.2. The van der Waals surface area contributed by atoms with Crippen molar-refractivity contribution in [1.82, 2.24) is 19.7 Å². The van der Waals surface area contributed by atoms with Gasteiger partial charge in [-0.1, -0.05) is 46.6 Å². The third-order valence-electron chi connectivity index (χ3n) is 4.53. The van der Waals surface area contributed by atoms with Crippen LogP contribution >= 0.6 is 57.9 Å². The number of anilines is 1. The molecule has 33 heavy (non-hydrogen) atoms. The van der Waals surface area contributed by atoms with Crippen molar-refractivity contribution in [3.8, 4) is 28.4 Å². The summed E-state index contributed by atoms with van der Waals surface area (Å²) in [6, 6.07) is 10.5. The maximum absolute atomic E-state index is 12.5. The topological polar surface area (TPSA) is 81.9 Å². The standard InChI is InChI=1S/C21H16Cl3N5O2S2/c1-29-19(14-7-11(22)4-6-17(14)31-2)27-28-21(29)33-10-18(30)26-20-25-16(9-32-20)13-5-3-12(23)8-15(13)24/h3-9H,10H2,1-2H3,(H,25,26,30). The quantitative estimate of drug-likeness (QED) is 0.277. The molecule has 1 N–H and O–H groups in total. The average molecular weight is 541 g/mol. The van der Waals surface area contributed by atoms with Gasteiger partial charge in [-0.15, -0.1) is 21.5 Å². The largest absolute Gasteiger partial charge is 0.496 e. The summed E-state index contributed by atoms with van der Waals surface area (Å²) in [4.78, 5) is 16.9. The third-order valence-corrected chi connectivity index (χ3v) is 7.09. The van der Waals surface area contributed by atoms with Crippen LogP contribution in [-0.4, -0.2) is 38.5 Å². The molecule has 0 bridgehead atoms. The van der Waals surface area contributed by atoms with Gasteiger partial charge >= 0.3 is 0 Å². The number of nitrogens with one attached hydrogen (secondary N) is 1. The summed E-state index contributed by atoms with van der Waals surface area (Å²) in [5, 5.41) is 15.7. The zero-order chi connectivity index (χ0) is 23.5. The first-order valence-electron chi connectivity index (χ1n) is 9.42. The number of benzene rings is 2. The molecule has 0 saturated heterocycles. The van der Waals surface area contributed by atoms with Crippen molar-refractivity contribution < 1.29 is 9.53 Å². The number of thiazole rings is 1. The average Bonchev–Trinajstić information content (AvgIpc) is 3.38. The van der Waals surface area contributed by atoms with Gasteiger partial charge in [0.2, 0.25) is 5.91 Å². The van der Waals surface area contributed by atoms with Gasteiger partial charge in [0.15, 0.2) is 16.1 Å². The molecule has 0 spiro atoms. The number of rotatable bonds is 7. The number of amides is 1. The van der Waals surface area contributed by atoms with Crippen molar-refractivity contribution in [3.05, 3.63) is 56.8 Å². The van der Waals surface area contributed by atoms with Crippen LogP contribution in [0.1, 0.15) is 0 Å². The number of carbonyl (C=O) groups excluding carboxylic acids is 1. The molecule has 4 aromatic rings. The fourth-order valence-electron chi connectivity index (χ4n) is 2.97. The first-order chi connectivity index (χ1) is 15.9. The Morgan fingerprint density at radius 3 is 2.64 bits per heavy atom. The molecule has 2 aromatic carbocycles. The Morgan fingerprint density at radius 2 is 1.88 bits per heavy atom. The fourth-order valence-corrected chi connectivity index (χ4v) is 5.08. The van der Waals surface area contributed by atoms with Gasteiger partial charge in [-0.25, -0.2) is 4.98 Å². The number of ether oxygens (including phenoxy) is 1. The number of methoxy groups -OCH3 is 1. The van der Waals surface area contributed by atoms with Crippen LogP contribution < -0.4 is 10.1 Å². The molecular formula is C21H16Cl3N5O2S2. The van der Waals surface area contributed by atoms with Gasteiger partial charge < -0.3 is 14.6 Å². The van der Waals surface area contributed by atoms with E-state index >= 15 is 0 Å². The number of thioether (sulfide) groups is 1. The first-order valence-corrected chi connectivity index (χ1v) is 12.4. The minimum absolute atomic E-state index is 0.134. The van der Waals surface area contributed by atoms with Crippen LogP contribution in [0.5, 0.6) is 5.75 Å². The summed E-state index contributed by atoms with van der Waals surface area (Å²) in [7, 11) is 3.40. The number of aromatic nitrogens is 4. The lowest BCUT2D eigenvalue weighted by Crippen LogP contribution is -2.14. The van der Waals surface area contributed by atoms with Crippen LogP contribution in [0.2, 0.25) is 15.1 Å².